The van der Waals surface area contributed by atoms with Crippen LogP contribution in [0.2, 0.25) is 0 Å². The molecule has 98 valence electrons. The lowest BCUT2D eigenvalue weighted by Gasteiger charge is -2.11. The molecule has 0 aromatic carbocycles. The number of rotatable bonds is 5. The summed E-state index contributed by atoms with van der Waals surface area (Å²) in [5.41, 5.74) is 2.33. The molecule has 1 aliphatic rings. The largest absolute Gasteiger partial charge is 0.467 e. The monoisotopic (exact) mass is 253 g/mol. The molecule has 0 aliphatic carbocycles. The highest BCUT2D eigenvalue weighted by molar-refractivity contribution is 5.78. The van der Waals surface area contributed by atoms with Crippen LogP contribution < -0.4 is 26.6 Å². The first kappa shape index (κ1) is 12.3. The maximum absolute atomic E-state index is 11.0. The quantitative estimate of drug-likeness (QED) is 0.383. The molecule has 1 aromatic rings. The summed E-state index contributed by atoms with van der Waals surface area (Å²) in [6.07, 6.45) is 1.36. The Morgan fingerprint density at radius 1 is 1.44 bits per heavy atom. The van der Waals surface area contributed by atoms with Crippen molar-refractivity contribution in [2.45, 2.75) is 18.9 Å². The van der Waals surface area contributed by atoms with E-state index in [0.29, 0.717) is 18.9 Å². The summed E-state index contributed by atoms with van der Waals surface area (Å²) in [4.78, 5) is 22.9. The van der Waals surface area contributed by atoms with Gasteiger partial charge in [-0.1, -0.05) is 0 Å². The zero-order valence-corrected chi connectivity index (χ0v) is 9.93. The fourth-order valence-electron chi connectivity index (χ4n) is 1.64. The van der Waals surface area contributed by atoms with Crippen molar-refractivity contribution in [2.75, 3.05) is 24.4 Å². The number of nitrogens with one attached hydrogen (secondary N) is 3. The van der Waals surface area contributed by atoms with Gasteiger partial charge in [0.2, 0.25) is 17.8 Å². The number of methoxy groups -OCH3 is 1. The second kappa shape index (κ2) is 5.45. The third-order valence-electron chi connectivity index (χ3n) is 2.52. The average molecular weight is 253 g/mol. The number of nitrogens with zero attached hydrogens (tertiary/aromatic N) is 3. The van der Waals surface area contributed by atoms with Crippen molar-refractivity contribution < 1.29 is 9.53 Å². The standard InChI is InChI=1S/C9H15N7O2/c1-18-9-14-7(13-8(15-9)16-10)11-4-5-2-3-6(17)12-5/h5H,2-4,10H2,1H3,(H,12,17)(H2,11,13,14,15,16). The molecule has 0 spiro atoms. The van der Waals surface area contributed by atoms with E-state index in [4.69, 9.17) is 10.6 Å². The van der Waals surface area contributed by atoms with E-state index in [1.165, 1.54) is 7.11 Å². The van der Waals surface area contributed by atoms with Gasteiger partial charge in [-0.15, -0.1) is 0 Å². The van der Waals surface area contributed by atoms with Crippen molar-refractivity contribution >= 4 is 17.8 Å². The molecule has 2 rings (SSSR count). The lowest BCUT2D eigenvalue weighted by Crippen LogP contribution is -2.32. The third-order valence-corrected chi connectivity index (χ3v) is 2.52. The van der Waals surface area contributed by atoms with Gasteiger partial charge in [-0.05, 0) is 6.42 Å². The molecular formula is C9H15N7O2. The molecule has 0 bridgehead atoms. The van der Waals surface area contributed by atoms with E-state index in [1.54, 1.807) is 0 Å². The van der Waals surface area contributed by atoms with Gasteiger partial charge in [0.25, 0.3) is 0 Å². The van der Waals surface area contributed by atoms with Crippen LogP contribution in [0.15, 0.2) is 0 Å². The van der Waals surface area contributed by atoms with Crippen LogP contribution >= 0.6 is 0 Å². The number of carbonyl (C=O) groups excluding carboxylic acids is 1. The summed E-state index contributed by atoms with van der Waals surface area (Å²) in [6, 6.07) is 0.255. The van der Waals surface area contributed by atoms with Crippen LogP contribution in [-0.4, -0.2) is 40.6 Å². The van der Waals surface area contributed by atoms with Crippen LogP contribution in [0.5, 0.6) is 6.01 Å². The smallest absolute Gasteiger partial charge is 0.322 e. The molecule has 1 amide bonds. The number of hydrazine groups is 1. The molecule has 1 aromatic heterocycles. The molecule has 1 saturated heterocycles. The molecule has 0 saturated carbocycles. The third kappa shape index (κ3) is 2.94. The van der Waals surface area contributed by atoms with Crippen molar-refractivity contribution in [2.24, 2.45) is 5.84 Å². The summed E-state index contributed by atoms with van der Waals surface area (Å²) in [5, 5.41) is 5.84. The number of carbonyl (C=O) groups is 1. The molecule has 9 nitrogen and oxygen atoms in total. The fraction of sp³-hybridized carbons (Fsp3) is 0.556. The van der Waals surface area contributed by atoms with E-state index in [-0.39, 0.29) is 23.9 Å². The Labute approximate surface area is 104 Å². The summed E-state index contributed by atoms with van der Waals surface area (Å²) in [5.74, 6) is 5.86. The van der Waals surface area contributed by atoms with Gasteiger partial charge in [0, 0.05) is 19.0 Å². The lowest BCUT2D eigenvalue weighted by atomic mass is 10.2. The van der Waals surface area contributed by atoms with Crippen molar-refractivity contribution in [3.8, 4) is 6.01 Å². The van der Waals surface area contributed by atoms with E-state index in [0.717, 1.165) is 6.42 Å². The number of amides is 1. The highest BCUT2D eigenvalue weighted by atomic mass is 16.5. The fourth-order valence-corrected chi connectivity index (χ4v) is 1.64. The Kier molecular flexibility index (Phi) is 3.72. The van der Waals surface area contributed by atoms with Gasteiger partial charge in [-0.3, -0.25) is 10.2 Å². The van der Waals surface area contributed by atoms with Gasteiger partial charge in [-0.25, -0.2) is 5.84 Å². The molecule has 1 atom stereocenters. The van der Waals surface area contributed by atoms with Gasteiger partial charge in [-0.2, -0.15) is 15.0 Å². The lowest BCUT2D eigenvalue weighted by molar-refractivity contribution is -0.119. The van der Waals surface area contributed by atoms with Crippen molar-refractivity contribution in [3.05, 3.63) is 0 Å². The molecule has 0 radical (unpaired) electrons. The number of hydrogen-bond donors (Lipinski definition) is 4. The second-order valence-electron chi connectivity index (χ2n) is 3.80. The van der Waals surface area contributed by atoms with E-state index in [1.807, 2.05) is 0 Å². The average Bonchev–Trinajstić information content (AvgIpc) is 2.81. The van der Waals surface area contributed by atoms with Crippen LogP contribution in [0.1, 0.15) is 12.8 Å². The van der Waals surface area contributed by atoms with Gasteiger partial charge >= 0.3 is 6.01 Å². The van der Waals surface area contributed by atoms with Crippen molar-refractivity contribution in [3.63, 3.8) is 0 Å². The molecule has 5 N–H and O–H groups in total. The molecule has 1 aliphatic heterocycles. The first-order valence-corrected chi connectivity index (χ1v) is 5.51. The first-order chi connectivity index (χ1) is 8.71. The Balaban J connectivity index is 1.97. The van der Waals surface area contributed by atoms with E-state index < -0.39 is 0 Å². The van der Waals surface area contributed by atoms with Gasteiger partial charge in [0.05, 0.1) is 7.11 Å². The molecule has 2 heterocycles. The summed E-state index contributed by atoms with van der Waals surface area (Å²) < 4.78 is 4.92. The maximum Gasteiger partial charge on any atom is 0.322 e. The summed E-state index contributed by atoms with van der Waals surface area (Å²) in [7, 11) is 1.45. The number of hydrogen-bond acceptors (Lipinski definition) is 8. The van der Waals surface area contributed by atoms with Gasteiger partial charge in [0.15, 0.2) is 0 Å². The number of anilines is 2. The summed E-state index contributed by atoms with van der Waals surface area (Å²) >= 11 is 0. The van der Waals surface area contributed by atoms with Gasteiger partial charge in [0.1, 0.15) is 0 Å². The van der Waals surface area contributed by atoms with Crippen molar-refractivity contribution in [1.29, 1.82) is 0 Å². The minimum absolute atomic E-state index is 0.0688. The van der Waals surface area contributed by atoms with Crippen molar-refractivity contribution in [1.82, 2.24) is 20.3 Å². The minimum Gasteiger partial charge on any atom is -0.467 e. The number of ether oxygens (including phenoxy) is 1. The van der Waals surface area contributed by atoms with E-state index in [2.05, 4.69) is 31.0 Å². The predicted molar refractivity (Wildman–Crippen MR) is 63.8 cm³/mol. The highest BCUT2D eigenvalue weighted by Gasteiger charge is 2.20. The van der Waals surface area contributed by atoms with Crippen LogP contribution in [0.25, 0.3) is 0 Å². The molecular weight excluding hydrogens is 238 g/mol. The van der Waals surface area contributed by atoms with Gasteiger partial charge < -0.3 is 15.4 Å². The molecule has 1 unspecified atom stereocenters. The van der Waals surface area contributed by atoms with E-state index >= 15 is 0 Å². The SMILES string of the molecule is COc1nc(NN)nc(NCC2CCC(=O)N2)n1. The maximum atomic E-state index is 11.0. The topological polar surface area (TPSA) is 127 Å². The summed E-state index contributed by atoms with van der Waals surface area (Å²) in [6.45, 7) is 0.545. The van der Waals surface area contributed by atoms with Crippen LogP contribution in [-0.2, 0) is 4.79 Å². The number of nitrogen functional groups attached to an aromatic ring is 1. The second-order valence-corrected chi connectivity index (χ2v) is 3.80. The van der Waals surface area contributed by atoms with Crippen LogP contribution in [0.4, 0.5) is 11.9 Å². The molecule has 1 fully saturated rings. The Morgan fingerprint density at radius 2 is 2.22 bits per heavy atom. The van der Waals surface area contributed by atoms with Crippen LogP contribution in [0.3, 0.4) is 0 Å². The Morgan fingerprint density at radius 3 is 2.83 bits per heavy atom. The zero-order valence-electron chi connectivity index (χ0n) is 9.93. The van der Waals surface area contributed by atoms with Crippen LogP contribution in [0, 0.1) is 0 Å². The predicted octanol–water partition coefficient (Wildman–Crippen LogP) is -1.14. The number of nitrogens with two attached hydrogens (primary N) is 1. The normalized spacial score (nSPS) is 18.3. The minimum atomic E-state index is 0.0688. The first-order valence-electron chi connectivity index (χ1n) is 5.51. The number of aromatic nitrogens is 3. The molecule has 9 heteroatoms. The Hall–Kier alpha value is -2.16. The Bertz CT molecular complexity index is 417. The molecule has 18 heavy (non-hydrogen) atoms. The van der Waals surface area contributed by atoms with E-state index in [9.17, 15) is 4.79 Å². The zero-order chi connectivity index (χ0) is 13.0. The highest BCUT2D eigenvalue weighted by Crippen LogP contribution is 2.11.